The first-order valence-electron chi connectivity index (χ1n) is 2.97. The topological polar surface area (TPSA) is 43.4 Å². The fourth-order valence-electron chi connectivity index (χ4n) is 0.540. The van der Waals surface area contributed by atoms with E-state index in [1.54, 1.807) is 0 Å². The third kappa shape index (κ3) is 11.3. The molecule has 0 fully saturated rings. The molecule has 0 aliphatic rings. The van der Waals surface area contributed by atoms with Crippen molar-refractivity contribution in [3.05, 3.63) is 0 Å². The summed E-state index contributed by atoms with van der Waals surface area (Å²) in [6.07, 6.45) is 0.841. The van der Waals surface area contributed by atoms with Crippen molar-refractivity contribution in [3.8, 4) is 0 Å². The van der Waals surface area contributed by atoms with Gasteiger partial charge < -0.3 is 14.8 Å². The van der Waals surface area contributed by atoms with Crippen molar-refractivity contribution in [1.29, 1.82) is 0 Å². The number of aliphatic carboxylic acids is 1. The van der Waals surface area contributed by atoms with E-state index in [9.17, 15) is 9.90 Å². The van der Waals surface area contributed by atoms with Crippen LogP contribution in [0.3, 0.4) is 0 Å². The van der Waals surface area contributed by atoms with Crippen LogP contribution in [0.1, 0.15) is 12.8 Å². The van der Waals surface area contributed by atoms with E-state index >= 15 is 0 Å². The quantitative estimate of drug-likeness (QED) is 0.388. The molecular weight excluding hydrogens is 141 g/mol. The number of carbonyl (C=O) groups excluding carboxylic acids is 1. The molecule has 0 rings (SSSR count). The minimum atomic E-state index is -0.961. The average Bonchev–Trinajstić information content (AvgIpc) is 1.63. The number of carbonyl (C=O) groups is 1. The molecule has 0 aliphatic heterocycles. The number of hydrogen-bond acceptors (Lipinski definition) is 3. The maximum atomic E-state index is 9.85. The molecule has 0 atom stereocenters. The van der Waals surface area contributed by atoms with Crippen LogP contribution >= 0.6 is 0 Å². The Morgan fingerprint density at radius 3 is 2.30 bits per heavy atom. The zero-order valence-corrected chi connectivity index (χ0v) is 8.89. The summed E-state index contributed by atoms with van der Waals surface area (Å²) in [5.74, 6) is -0.961. The van der Waals surface area contributed by atoms with E-state index in [4.69, 9.17) is 0 Å². The molecule has 10 heavy (non-hydrogen) atoms. The number of carboxylic acid groups (broad SMARTS) is 1. The zero-order chi connectivity index (χ0) is 7.28. The Hall–Kier alpha value is 0.430. The molecule has 0 saturated carbocycles. The molecule has 0 spiro atoms. The van der Waals surface area contributed by atoms with Gasteiger partial charge in [0.05, 0.1) is 0 Å². The summed E-state index contributed by atoms with van der Waals surface area (Å²) < 4.78 is 0. The van der Waals surface area contributed by atoms with Crippen LogP contribution in [0.25, 0.3) is 0 Å². The summed E-state index contributed by atoms with van der Waals surface area (Å²) in [5, 5.41) is 9.85. The Morgan fingerprint density at radius 1 is 1.50 bits per heavy atom. The van der Waals surface area contributed by atoms with E-state index in [0.717, 1.165) is 6.54 Å². The van der Waals surface area contributed by atoms with Gasteiger partial charge in [0.1, 0.15) is 0 Å². The Labute approximate surface area is 83.7 Å². The van der Waals surface area contributed by atoms with Gasteiger partial charge in [-0.3, -0.25) is 0 Å². The van der Waals surface area contributed by atoms with E-state index in [1.807, 2.05) is 19.0 Å². The molecule has 54 valence electrons. The predicted octanol–water partition coefficient (Wildman–Crippen LogP) is -3.92. The van der Waals surface area contributed by atoms with Crippen LogP contribution in [0, 0.1) is 0 Å². The standard InChI is InChI=1S/C6H13NO2.Na/c1-7(2)5-3-4-6(8)9;/h3-5H2,1-2H3,(H,8,9);/q;+1/p-1. The molecule has 0 radical (unpaired) electrons. The molecule has 0 unspecified atom stereocenters. The van der Waals surface area contributed by atoms with Gasteiger partial charge in [0.15, 0.2) is 0 Å². The van der Waals surface area contributed by atoms with Crippen molar-refractivity contribution in [1.82, 2.24) is 4.90 Å². The van der Waals surface area contributed by atoms with Crippen LogP contribution < -0.4 is 34.7 Å². The van der Waals surface area contributed by atoms with Crippen LogP contribution in [-0.2, 0) is 4.79 Å². The third-order valence-corrected chi connectivity index (χ3v) is 0.986. The Balaban J connectivity index is 0. The summed E-state index contributed by atoms with van der Waals surface area (Å²) in [6.45, 7) is 0.813. The van der Waals surface area contributed by atoms with Gasteiger partial charge in [-0.1, -0.05) is 0 Å². The summed E-state index contributed by atoms with van der Waals surface area (Å²) in [7, 11) is 3.82. The van der Waals surface area contributed by atoms with E-state index in [-0.39, 0.29) is 36.0 Å². The largest absolute Gasteiger partial charge is 1.00 e. The number of nitrogens with zero attached hydrogens (tertiary/aromatic N) is 1. The van der Waals surface area contributed by atoms with Gasteiger partial charge in [-0.25, -0.2) is 0 Å². The molecule has 0 aliphatic carbocycles. The van der Waals surface area contributed by atoms with Crippen LogP contribution in [0.5, 0.6) is 0 Å². The average molecular weight is 153 g/mol. The second-order valence-electron chi connectivity index (χ2n) is 2.28. The van der Waals surface area contributed by atoms with Crippen molar-refractivity contribution in [2.75, 3.05) is 20.6 Å². The second kappa shape index (κ2) is 7.54. The Kier molecular flexibility index (Phi) is 9.84. The third-order valence-electron chi connectivity index (χ3n) is 0.986. The van der Waals surface area contributed by atoms with Crippen LogP contribution in [0.15, 0.2) is 0 Å². The van der Waals surface area contributed by atoms with Crippen LogP contribution in [0.2, 0.25) is 0 Å². The number of hydrogen-bond donors (Lipinski definition) is 0. The van der Waals surface area contributed by atoms with Gasteiger partial charge in [0, 0.05) is 5.97 Å². The molecule has 3 nitrogen and oxygen atoms in total. The van der Waals surface area contributed by atoms with E-state index < -0.39 is 5.97 Å². The second-order valence-corrected chi connectivity index (χ2v) is 2.28. The van der Waals surface area contributed by atoms with Gasteiger partial charge in [0.2, 0.25) is 0 Å². The Bertz CT molecular complexity index is 95.7. The zero-order valence-electron chi connectivity index (χ0n) is 6.89. The minimum absolute atomic E-state index is 0. The molecular formula is C6H12NNaO2. The predicted molar refractivity (Wildman–Crippen MR) is 32.8 cm³/mol. The molecule has 0 aromatic carbocycles. The Morgan fingerprint density at radius 2 is 2.00 bits per heavy atom. The van der Waals surface area contributed by atoms with Crippen molar-refractivity contribution in [3.63, 3.8) is 0 Å². The number of rotatable bonds is 4. The molecule has 0 heterocycles. The van der Waals surface area contributed by atoms with Crippen LogP contribution in [-0.4, -0.2) is 31.5 Å². The minimum Gasteiger partial charge on any atom is -0.550 e. The first-order chi connectivity index (χ1) is 4.13. The van der Waals surface area contributed by atoms with Gasteiger partial charge in [0.25, 0.3) is 0 Å². The molecule has 0 amide bonds. The normalized spacial score (nSPS) is 9.10. The first-order valence-corrected chi connectivity index (χ1v) is 2.97. The number of carboxylic acids is 1. The van der Waals surface area contributed by atoms with E-state index in [0.29, 0.717) is 6.42 Å². The SMILES string of the molecule is CN(C)CCCC(=O)[O-].[Na+]. The molecule has 4 heteroatoms. The van der Waals surface area contributed by atoms with Gasteiger partial charge in [-0.2, -0.15) is 0 Å². The molecule has 0 saturated heterocycles. The van der Waals surface area contributed by atoms with Gasteiger partial charge in [-0.05, 0) is 33.5 Å². The van der Waals surface area contributed by atoms with Crippen molar-refractivity contribution < 1.29 is 39.5 Å². The van der Waals surface area contributed by atoms with Crippen molar-refractivity contribution in [2.45, 2.75) is 12.8 Å². The van der Waals surface area contributed by atoms with Crippen molar-refractivity contribution in [2.24, 2.45) is 0 Å². The fraction of sp³-hybridized carbons (Fsp3) is 0.833. The fourth-order valence-corrected chi connectivity index (χ4v) is 0.540. The van der Waals surface area contributed by atoms with Gasteiger partial charge in [-0.15, -0.1) is 0 Å². The van der Waals surface area contributed by atoms with E-state index in [1.165, 1.54) is 0 Å². The van der Waals surface area contributed by atoms with Crippen molar-refractivity contribution >= 4 is 5.97 Å². The first kappa shape index (κ1) is 13.1. The molecule has 0 N–H and O–H groups in total. The van der Waals surface area contributed by atoms with Gasteiger partial charge >= 0.3 is 29.6 Å². The van der Waals surface area contributed by atoms with Crippen LogP contribution in [0.4, 0.5) is 0 Å². The van der Waals surface area contributed by atoms with E-state index in [2.05, 4.69) is 0 Å². The maximum absolute atomic E-state index is 9.85. The molecule has 0 aromatic rings. The summed E-state index contributed by atoms with van der Waals surface area (Å²) >= 11 is 0. The molecule has 0 aromatic heterocycles. The molecule has 0 bridgehead atoms. The summed E-state index contributed by atoms with van der Waals surface area (Å²) in [5.41, 5.74) is 0. The smallest absolute Gasteiger partial charge is 0.550 e. The maximum Gasteiger partial charge on any atom is 1.00 e. The monoisotopic (exact) mass is 153 g/mol. The summed E-state index contributed by atoms with van der Waals surface area (Å²) in [6, 6.07) is 0. The summed E-state index contributed by atoms with van der Waals surface area (Å²) in [4.78, 5) is 11.8.